The van der Waals surface area contributed by atoms with Gasteiger partial charge < -0.3 is 24.8 Å². The summed E-state index contributed by atoms with van der Waals surface area (Å²) in [4.78, 5) is 0. The molecule has 0 bridgehead atoms. The summed E-state index contributed by atoms with van der Waals surface area (Å²) in [5, 5.41) is 0. The molecule has 0 saturated heterocycles. The Labute approximate surface area is 298 Å². The van der Waals surface area contributed by atoms with Crippen LogP contribution in [0.1, 0.15) is 101 Å². The molecule has 0 saturated carbocycles. The molecule has 46 heavy (non-hydrogen) atoms. The van der Waals surface area contributed by atoms with E-state index in [-0.39, 0.29) is 35.6 Å². The van der Waals surface area contributed by atoms with Crippen molar-refractivity contribution in [1.29, 1.82) is 0 Å². The monoisotopic (exact) mass is 724 g/mol. The molecule has 0 nitrogen and oxygen atoms in total. The van der Waals surface area contributed by atoms with Gasteiger partial charge in [0.2, 0.25) is 0 Å². The molecule has 4 aromatic carbocycles. The van der Waals surface area contributed by atoms with Gasteiger partial charge in [-0.25, -0.2) is 0 Å². The van der Waals surface area contributed by atoms with Gasteiger partial charge in [-0.3, -0.25) is 0 Å². The molecule has 0 amide bonds. The molecule has 2 aliphatic carbocycles. The predicted molar refractivity (Wildman–Crippen MR) is 189 cm³/mol. The first-order chi connectivity index (χ1) is 20.7. The standard InChI is InChI=1S/C21H25.C13H13.C9H10.2ClH.Zr/c1-20(2,3)16-9-7-14-11-15-8-10-17(21(4,5)6)13-19(15)18(14)12-16;1-10-8-11(2)13(9-10)12-6-4-3-5-7-12;1-3-9-6-4-8(2)5-7-9;;;/h7,9-10,12-13H,11H2,1-6H3;3-7,9-10H,1-2H3;4-7H,1-2H3;2*1H;/q;;;;;+2/p-2. The number of benzene rings is 4. The van der Waals surface area contributed by atoms with Gasteiger partial charge in [0.1, 0.15) is 0 Å². The molecule has 0 aliphatic heterocycles. The van der Waals surface area contributed by atoms with E-state index in [1.54, 1.807) is 15.3 Å². The van der Waals surface area contributed by atoms with Crippen molar-refractivity contribution in [3.8, 4) is 11.1 Å². The Kier molecular flexibility index (Phi) is 10.9. The molecule has 2 aliphatic rings. The van der Waals surface area contributed by atoms with Crippen LogP contribution in [-0.2, 0) is 38.5 Å². The fraction of sp³-hybridized carbons (Fsp3) is 0.326. The maximum absolute atomic E-state index is 2.68. The van der Waals surface area contributed by atoms with Crippen LogP contribution in [0.3, 0.4) is 0 Å². The van der Waals surface area contributed by atoms with Gasteiger partial charge in [0.05, 0.1) is 0 Å². The second-order valence-electron chi connectivity index (χ2n) is 15.2. The second-order valence-corrected chi connectivity index (χ2v) is 21.6. The number of hydrogen-bond acceptors (Lipinski definition) is 0. The molecule has 1 unspecified atom stereocenters. The normalized spacial score (nSPS) is 15.8. The van der Waals surface area contributed by atoms with Crippen LogP contribution in [0.15, 0.2) is 99.9 Å². The van der Waals surface area contributed by atoms with Crippen LogP contribution in [0.25, 0.3) is 16.7 Å². The van der Waals surface area contributed by atoms with Crippen molar-refractivity contribution < 1.29 is 46.1 Å². The van der Waals surface area contributed by atoms with Crippen molar-refractivity contribution in [3.05, 3.63) is 139 Å². The molecule has 0 spiro atoms. The quantitative estimate of drug-likeness (QED) is 0.253. The van der Waals surface area contributed by atoms with E-state index < -0.39 is 21.3 Å². The Morgan fingerprint density at radius 1 is 0.717 bits per heavy atom. The third-order valence-electron chi connectivity index (χ3n) is 9.91. The van der Waals surface area contributed by atoms with E-state index in [4.69, 9.17) is 0 Å². The van der Waals surface area contributed by atoms with E-state index >= 15 is 0 Å². The minimum absolute atomic E-state index is 0. The van der Waals surface area contributed by atoms with Crippen LogP contribution in [0.5, 0.6) is 0 Å². The van der Waals surface area contributed by atoms with E-state index in [2.05, 4.69) is 160 Å². The minimum Gasteiger partial charge on any atom is -1.00 e. The summed E-state index contributed by atoms with van der Waals surface area (Å²) in [6.45, 7) is 23.7. The number of halogens is 2. The number of aryl methyl sites for hydroxylation is 1. The summed E-state index contributed by atoms with van der Waals surface area (Å²) in [6, 6.07) is 32.9. The van der Waals surface area contributed by atoms with Crippen molar-refractivity contribution >= 4 is 12.1 Å². The maximum atomic E-state index is 2.66. The molecule has 0 N–H and O–H groups in total. The summed E-state index contributed by atoms with van der Waals surface area (Å²) < 4.78 is 5.06. The van der Waals surface area contributed by atoms with Crippen LogP contribution in [0.2, 0.25) is 0 Å². The number of hydrogen-bond donors (Lipinski definition) is 0. The van der Waals surface area contributed by atoms with Gasteiger partial charge in [0, 0.05) is 0 Å². The summed E-state index contributed by atoms with van der Waals surface area (Å²) in [6.07, 6.45) is 3.60. The second kappa shape index (κ2) is 13.7. The largest absolute Gasteiger partial charge is 1.00 e. The van der Waals surface area contributed by atoms with E-state index in [0.29, 0.717) is 5.92 Å². The molecule has 0 fully saturated rings. The van der Waals surface area contributed by atoms with Crippen LogP contribution in [0, 0.1) is 12.8 Å². The Hall–Kier alpha value is -2.31. The molecule has 0 radical (unpaired) electrons. The van der Waals surface area contributed by atoms with E-state index in [1.165, 1.54) is 55.7 Å². The van der Waals surface area contributed by atoms with Gasteiger partial charge in [-0.05, 0) is 0 Å². The third kappa shape index (κ3) is 6.81. The molecular formula is C43H48Cl2Zr. The first kappa shape index (κ1) is 36.5. The van der Waals surface area contributed by atoms with Crippen molar-refractivity contribution in [1.82, 2.24) is 0 Å². The van der Waals surface area contributed by atoms with Crippen molar-refractivity contribution in [2.75, 3.05) is 0 Å². The third-order valence-corrected chi connectivity index (χ3v) is 18.3. The smallest absolute Gasteiger partial charge is 1.00 e. The zero-order valence-electron chi connectivity index (χ0n) is 29.2. The van der Waals surface area contributed by atoms with Gasteiger partial charge in [0.15, 0.2) is 0 Å². The average Bonchev–Trinajstić information content (AvgIpc) is 3.49. The first-order valence-electron chi connectivity index (χ1n) is 16.3. The van der Waals surface area contributed by atoms with Crippen LogP contribution in [0.4, 0.5) is 0 Å². The van der Waals surface area contributed by atoms with Crippen LogP contribution >= 0.6 is 0 Å². The van der Waals surface area contributed by atoms with Crippen molar-refractivity contribution in [2.24, 2.45) is 5.92 Å². The van der Waals surface area contributed by atoms with Gasteiger partial charge in [-0.15, -0.1) is 0 Å². The van der Waals surface area contributed by atoms with E-state index in [1.807, 2.05) is 0 Å². The van der Waals surface area contributed by atoms with Gasteiger partial charge >= 0.3 is 276 Å². The number of fused-ring (bicyclic) bond motifs is 3. The Balaban J connectivity index is 0.00000240. The molecular weight excluding hydrogens is 679 g/mol. The number of allylic oxidation sites excluding steroid dienone is 4. The summed E-state index contributed by atoms with van der Waals surface area (Å²) in [5.41, 5.74) is 16.2. The molecule has 0 heterocycles. The summed E-state index contributed by atoms with van der Waals surface area (Å²) in [5.74, 6) is 0.435. The zero-order chi connectivity index (χ0) is 31.6. The zero-order valence-corrected chi connectivity index (χ0v) is 33.2. The average molecular weight is 727 g/mol. The van der Waals surface area contributed by atoms with Crippen LogP contribution < -0.4 is 28.1 Å². The molecule has 1 atom stereocenters. The van der Waals surface area contributed by atoms with Gasteiger partial charge in [-0.1, -0.05) is 0 Å². The SMILES string of the molecule is CC1=[C](/[Zr+2](=[C](\C)c2ccc(C)cc2)[c]2cc(C(C)(C)C)cc3c2Cc2ccc(C(C)(C)C)cc2-3)C(C)C=C1c1ccccc1.[Cl-].[Cl-]. The minimum atomic E-state index is -2.68. The van der Waals surface area contributed by atoms with E-state index in [0.717, 1.165) is 6.42 Å². The number of rotatable bonds is 4. The predicted octanol–water partition coefficient (Wildman–Crippen LogP) is 4.66. The van der Waals surface area contributed by atoms with E-state index in [9.17, 15) is 0 Å². The Bertz CT molecular complexity index is 1860. The molecule has 0 aromatic heterocycles. The van der Waals surface area contributed by atoms with Crippen molar-refractivity contribution in [3.63, 3.8) is 0 Å². The van der Waals surface area contributed by atoms with Gasteiger partial charge in [0.25, 0.3) is 0 Å². The van der Waals surface area contributed by atoms with Crippen LogP contribution in [-0.4, -0.2) is 3.21 Å². The first-order valence-corrected chi connectivity index (χ1v) is 20.0. The molecule has 238 valence electrons. The Morgan fingerprint density at radius 2 is 1.33 bits per heavy atom. The molecule has 3 heteroatoms. The van der Waals surface area contributed by atoms with Gasteiger partial charge in [-0.2, -0.15) is 0 Å². The fourth-order valence-electron chi connectivity index (χ4n) is 7.18. The summed E-state index contributed by atoms with van der Waals surface area (Å²) in [7, 11) is 0. The molecule has 6 rings (SSSR count). The molecule has 4 aromatic rings. The van der Waals surface area contributed by atoms with Crippen molar-refractivity contribution in [2.45, 2.75) is 86.5 Å². The summed E-state index contributed by atoms with van der Waals surface area (Å²) >= 11 is -2.68. The topological polar surface area (TPSA) is 0 Å². The fourth-order valence-corrected chi connectivity index (χ4v) is 15.6. The maximum Gasteiger partial charge on any atom is -1.00 e. The Morgan fingerprint density at radius 3 is 1.93 bits per heavy atom.